The van der Waals surface area contributed by atoms with Crippen molar-refractivity contribution < 1.29 is 0 Å². The largest absolute Gasteiger partial charge is 0.313 e. The minimum atomic E-state index is 0.578. The van der Waals surface area contributed by atoms with Crippen molar-refractivity contribution in [1.82, 2.24) is 5.32 Å². The van der Waals surface area contributed by atoms with Crippen LogP contribution in [-0.2, 0) is 0 Å². The molecule has 2 unspecified atom stereocenters. The summed E-state index contributed by atoms with van der Waals surface area (Å²) >= 11 is 0. The van der Waals surface area contributed by atoms with E-state index in [-0.39, 0.29) is 0 Å². The van der Waals surface area contributed by atoms with E-state index in [2.05, 4.69) is 33.0 Å². The number of hydrogen-bond acceptors (Lipinski definition) is 1. The smallest absolute Gasteiger partial charge is 0.0123 e. The Kier molecular flexibility index (Phi) is 8.06. The zero-order valence-electron chi connectivity index (χ0n) is 13.9. The van der Waals surface area contributed by atoms with Gasteiger partial charge in [0, 0.05) is 6.04 Å². The molecule has 1 fully saturated rings. The highest BCUT2D eigenvalue weighted by atomic mass is 14.9. The topological polar surface area (TPSA) is 12.0 Å². The van der Waals surface area contributed by atoms with Gasteiger partial charge in [-0.15, -0.1) is 0 Å². The average Bonchev–Trinajstić information content (AvgIpc) is 2.86. The molecule has 0 aromatic heterocycles. The Balaban J connectivity index is 2.56. The quantitative estimate of drug-likeness (QED) is 0.548. The van der Waals surface area contributed by atoms with E-state index < -0.39 is 0 Å². The van der Waals surface area contributed by atoms with Crippen LogP contribution < -0.4 is 5.32 Å². The highest BCUT2D eigenvalue weighted by Crippen LogP contribution is 2.43. The van der Waals surface area contributed by atoms with Gasteiger partial charge in [0.1, 0.15) is 0 Å². The van der Waals surface area contributed by atoms with E-state index in [1.54, 1.807) is 0 Å². The molecule has 19 heavy (non-hydrogen) atoms. The van der Waals surface area contributed by atoms with Crippen molar-refractivity contribution in [3.05, 3.63) is 0 Å². The first-order valence-corrected chi connectivity index (χ1v) is 8.89. The van der Waals surface area contributed by atoms with Gasteiger partial charge in [0.25, 0.3) is 0 Å². The molecule has 2 atom stereocenters. The van der Waals surface area contributed by atoms with E-state index in [1.165, 1.54) is 70.8 Å². The standard InChI is InChI=1S/C18H37N/c1-5-8-11-16(7-3)15-17(19-14-6-2)18(4)12-9-10-13-18/h16-17,19H,5-15H2,1-4H3. The Hall–Kier alpha value is -0.0400. The van der Waals surface area contributed by atoms with Crippen LogP contribution in [0.1, 0.15) is 91.9 Å². The molecule has 0 saturated heterocycles. The van der Waals surface area contributed by atoms with Crippen LogP contribution in [0.15, 0.2) is 0 Å². The van der Waals surface area contributed by atoms with Crippen LogP contribution >= 0.6 is 0 Å². The van der Waals surface area contributed by atoms with E-state index >= 15 is 0 Å². The highest BCUT2D eigenvalue weighted by molar-refractivity contribution is 4.92. The average molecular weight is 268 g/mol. The lowest BCUT2D eigenvalue weighted by Crippen LogP contribution is -2.43. The van der Waals surface area contributed by atoms with Gasteiger partial charge >= 0.3 is 0 Å². The monoisotopic (exact) mass is 267 g/mol. The van der Waals surface area contributed by atoms with E-state index in [9.17, 15) is 0 Å². The Morgan fingerprint density at radius 2 is 1.74 bits per heavy atom. The SMILES string of the molecule is CCCCC(CC)CC(NCCC)C1(C)CCCC1. The first kappa shape index (κ1) is 17.0. The Morgan fingerprint density at radius 1 is 1.05 bits per heavy atom. The van der Waals surface area contributed by atoms with Crippen molar-refractivity contribution in [3.8, 4) is 0 Å². The third kappa shape index (κ3) is 5.45. The number of rotatable bonds is 10. The highest BCUT2D eigenvalue weighted by Gasteiger charge is 2.37. The molecular formula is C18H37N. The molecule has 0 amide bonds. The summed E-state index contributed by atoms with van der Waals surface area (Å²) < 4.78 is 0. The second-order valence-electron chi connectivity index (χ2n) is 7.02. The fraction of sp³-hybridized carbons (Fsp3) is 1.00. The third-order valence-electron chi connectivity index (χ3n) is 5.34. The molecule has 0 bridgehead atoms. The molecule has 0 aromatic carbocycles. The van der Waals surface area contributed by atoms with E-state index in [4.69, 9.17) is 0 Å². The normalized spacial score (nSPS) is 21.5. The summed E-state index contributed by atoms with van der Waals surface area (Å²) in [5, 5.41) is 3.89. The zero-order valence-corrected chi connectivity index (χ0v) is 13.9. The predicted molar refractivity (Wildman–Crippen MR) is 86.6 cm³/mol. The van der Waals surface area contributed by atoms with Crippen LogP contribution in [0, 0.1) is 11.3 Å². The van der Waals surface area contributed by atoms with Gasteiger partial charge in [-0.3, -0.25) is 0 Å². The van der Waals surface area contributed by atoms with Crippen LogP contribution in [0.5, 0.6) is 0 Å². The second kappa shape index (κ2) is 9.00. The zero-order chi connectivity index (χ0) is 14.1. The van der Waals surface area contributed by atoms with Gasteiger partial charge in [-0.05, 0) is 43.6 Å². The molecule has 0 aromatic rings. The lowest BCUT2D eigenvalue weighted by atomic mass is 9.75. The van der Waals surface area contributed by atoms with E-state index in [0.717, 1.165) is 12.0 Å². The molecule has 1 nitrogen and oxygen atoms in total. The van der Waals surface area contributed by atoms with E-state index in [1.807, 2.05) is 0 Å². The predicted octanol–water partition coefficient (Wildman–Crippen LogP) is 5.54. The van der Waals surface area contributed by atoms with Gasteiger partial charge in [0.05, 0.1) is 0 Å². The molecule has 114 valence electrons. The maximum atomic E-state index is 3.89. The molecule has 0 spiro atoms. The van der Waals surface area contributed by atoms with Crippen LogP contribution in [0.25, 0.3) is 0 Å². The van der Waals surface area contributed by atoms with Crippen LogP contribution in [0.3, 0.4) is 0 Å². The first-order valence-electron chi connectivity index (χ1n) is 8.89. The van der Waals surface area contributed by atoms with Gasteiger partial charge in [-0.2, -0.15) is 0 Å². The summed E-state index contributed by atoms with van der Waals surface area (Å²) in [6.07, 6.45) is 14.0. The lowest BCUT2D eigenvalue weighted by Gasteiger charge is -2.37. The minimum absolute atomic E-state index is 0.578. The van der Waals surface area contributed by atoms with Crippen LogP contribution in [-0.4, -0.2) is 12.6 Å². The molecule has 1 N–H and O–H groups in total. The molecular weight excluding hydrogens is 230 g/mol. The molecule has 1 heteroatoms. The third-order valence-corrected chi connectivity index (χ3v) is 5.34. The van der Waals surface area contributed by atoms with Gasteiger partial charge in [-0.25, -0.2) is 0 Å². The van der Waals surface area contributed by atoms with Crippen molar-refractivity contribution >= 4 is 0 Å². The second-order valence-corrected chi connectivity index (χ2v) is 7.02. The number of nitrogens with one attached hydrogen (secondary N) is 1. The molecule has 1 aliphatic rings. The Labute approximate surface area is 121 Å². The van der Waals surface area contributed by atoms with Crippen LogP contribution in [0.4, 0.5) is 0 Å². The molecule has 1 saturated carbocycles. The maximum absolute atomic E-state index is 3.89. The van der Waals surface area contributed by atoms with Gasteiger partial charge in [-0.1, -0.05) is 66.2 Å². The number of unbranched alkanes of at least 4 members (excludes halogenated alkanes) is 1. The van der Waals surface area contributed by atoms with Gasteiger partial charge < -0.3 is 5.32 Å². The lowest BCUT2D eigenvalue weighted by molar-refractivity contribution is 0.182. The molecule has 0 aliphatic heterocycles. The fourth-order valence-corrected chi connectivity index (χ4v) is 3.78. The van der Waals surface area contributed by atoms with Crippen molar-refractivity contribution in [3.63, 3.8) is 0 Å². The van der Waals surface area contributed by atoms with Crippen molar-refractivity contribution in [2.45, 2.75) is 97.9 Å². The number of hydrogen-bond donors (Lipinski definition) is 1. The maximum Gasteiger partial charge on any atom is 0.0123 e. The van der Waals surface area contributed by atoms with Crippen molar-refractivity contribution in [2.24, 2.45) is 11.3 Å². The molecule has 0 heterocycles. The van der Waals surface area contributed by atoms with Crippen LogP contribution in [0.2, 0.25) is 0 Å². The summed E-state index contributed by atoms with van der Waals surface area (Å²) in [5.41, 5.74) is 0.578. The minimum Gasteiger partial charge on any atom is -0.313 e. The first-order chi connectivity index (χ1) is 9.16. The van der Waals surface area contributed by atoms with Gasteiger partial charge in [0.15, 0.2) is 0 Å². The molecule has 1 aliphatic carbocycles. The summed E-state index contributed by atoms with van der Waals surface area (Å²) in [7, 11) is 0. The van der Waals surface area contributed by atoms with E-state index in [0.29, 0.717) is 5.41 Å². The summed E-state index contributed by atoms with van der Waals surface area (Å²) in [6.45, 7) is 10.7. The Bertz CT molecular complexity index is 218. The summed E-state index contributed by atoms with van der Waals surface area (Å²) in [6, 6.07) is 0.761. The molecule has 0 radical (unpaired) electrons. The fourth-order valence-electron chi connectivity index (χ4n) is 3.78. The van der Waals surface area contributed by atoms with Crippen molar-refractivity contribution in [1.29, 1.82) is 0 Å². The Morgan fingerprint density at radius 3 is 2.26 bits per heavy atom. The van der Waals surface area contributed by atoms with Crippen molar-refractivity contribution in [2.75, 3.05) is 6.54 Å². The van der Waals surface area contributed by atoms with Gasteiger partial charge in [0.2, 0.25) is 0 Å². The summed E-state index contributed by atoms with van der Waals surface area (Å²) in [5.74, 6) is 0.937. The summed E-state index contributed by atoms with van der Waals surface area (Å²) in [4.78, 5) is 0. The molecule has 1 rings (SSSR count).